The second-order valence-corrected chi connectivity index (χ2v) is 11.9. The van der Waals surface area contributed by atoms with Gasteiger partial charge >= 0.3 is 0 Å². The number of anilines is 2. The van der Waals surface area contributed by atoms with Crippen molar-refractivity contribution in [1.29, 1.82) is 0 Å². The molecule has 1 aliphatic carbocycles. The molecule has 2 saturated heterocycles. The van der Waals surface area contributed by atoms with E-state index < -0.39 is 0 Å². The number of piperidine rings is 1. The van der Waals surface area contributed by atoms with Crippen molar-refractivity contribution >= 4 is 23.4 Å². The molecule has 3 N–H and O–H groups in total. The van der Waals surface area contributed by atoms with Crippen molar-refractivity contribution in [2.24, 2.45) is 11.1 Å². The van der Waals surface area contributed by atoms with Crippen molar-refractivity contribution < 1.29 is 9.84 Å². The van der Waals surface area contributed by atoms with Gasteiger partial charge in [0, 0.05) is 43.6 Å². The van der Waals surface area contributed by atoms with E-state index in [4.69, 9.17) is 27.0 Å². The van der Waals surface area contributed by atoms with Gasteiger partial charge in [-0.25, -0.2) is 21.5 Å². The lowest BCUT2D eigenvalue weighted by Crippen LogP contribution is -2.45. The number of pyridine rings is 2. The summed E-state index contributed by atoms with van der Waals surface area (Å²) in [7, 11) is 0. The number of rotatable bonds is 4. The average Bonchev–Trinajstić information content (AvgIpc) is 3.53. The molecule has 3 atom stereocenters. The van der Waals surface area contributed by atoms with Gasteiger partial charge < -0.3 is 30.2 Å². The van der Waals surface area contributed by atoms with E-state index >= 15 is 0 Å². The molecule has 4 aliphatic rings. The molecule has 11 heteroatoms. The summed E-state index contributed by atoms with van der Waals surface area (Å²) in [6.45, 7) is 10.1. The smallest absolute Gasteiger partial charge is 0.243 e. The van der Waals surface area contributed by atoms with Gasteiger partial charge in [-0.05, 0) is 42.4 Å². The quantitative estimate of drug-likeness (QED) is 0.477. The normalized spacial score (nSPS) is 24.6. The van der Waals surface area contributed by atoms with Crippen LogP contribution in [0.25, 0.3) is 4.85 Å². The lowest BCUT2D eigenvalue weighted by molar-refractivity contribution is 0.186. The minimum atomic E-state index is -0.189. The van der Waals surface area contributed by atoms with Gasteiger partial charge in [-0.1, -0.05) is 17.8 Å². The number of aliphatic hydroxyl groups excluding tert-OH is 1. The molecule has 0 saturated carbocycles. The van der Waals surface area contributed by atoms with Crippen molar-refractivity contribution in [1.82, 2.24) is 19.9 Å². The maximum Gasteiger partial charge on any atom is 0.243 e. The van der Waals surface area contributed by atoms with Crippen molar-refractivity contribution in [3.05, 3.63) is 65.2 Å². The lowest BCUT2D eigenvalue weighted by atomic mass is 9.73. The highest BCUT2D eigenvalue weighted by Crippen LogP contribution is 2.50. The summed E-state index contributed by atoms with van der Waals surface area (Å²) in [6.07, 6.45) is 9.01. The summed E-state index contributed by atoms with van der Waals surface area (Å²) < 4.78 is 6.14. The average molecular weight is 543 g/mol. The number of nitrogens with two attached hydrogens (primary N) is 1. The van der Waals surface area contributed by atoms with E-state index in [1.54, 1.807) is 12.4 Å². The van der Waals surface area contributed by atoms with E-state index in [9.17, 15) is 5.11 Å². The maximum absolute atomic E-state index is 10.2. The van der Waals surface area contributed by atoms with Crippen molar-refractivity contribution in [2.45, 2.75) is 60.3 Å². The Hall–Kier alpha value is -3.46. The van der Waals surface area contributed by atoms with E-state index in [1.807, 2.05) is 18.3 Å². The van der Waals surface area contributed by atoms with Crippen LogP contribution in [0.2, 0.25) is 0 Å². The van der Waals surface area contributed by atoms with Crippen LogP contribution in [0.5, 0.6) is 5.75 Å². The van der Waals surface area contributed by atoms with Gasteiger partial charge in [0.15, 0.2) is 17.4 Å². The predicted molar refractivity (Wildman–Crippen MR) is 147 cm³/mol. The zero-order chi connectivity index (χ0) is 26.6. The molecule has 2 fully saturated rings. The first-order valence-electron chi connectivity index (χ1n) is 13.4. The monoisotopic (exact) mass is 542 g/mol. The first-order chi connectivity index (χ1) is 19.1. The summed E-state index contributed by atoms with van der Waals surface area (Å²) >= 11 is 1.46. The summed E-state index contributed by atoms with van der Waals surface area (Å²) in [4.78, 5) is 27.8. The Balaban J connectivity index is 1.08. The van der Waals surface area contributed by atoms with Gasteiger partial charge in [-0.2, -0.15) is 0 Å². The van der Waals surface area contributed by atoms with Gasteiger partial charge in [-0.3, -0.25) is 4.98 Å². The molecule has 0 bridgehead atoms. The molecule has 10 nitrogen and oxygen atoms in total. The Kier molecular flexibility index (Phi) is 6.06. The second kappa shape index (κ2) is 9.62. The maximum atomic E-state index is 10.2. The van der Waals surface area contributed by atoms with Gasteiger partial charge in [0.2, 0.25) is 6.04 Å². The Morgan fingerprint density at radius 1 is 1.18 bits per heavy atom. The van der Waals surface area contributed by atoms with Crippen LogP contribution in [-0.4, -0.2) is 63.4 Å². The number of hydrogen-bond acceptors (Lipinski definition) is 10. The van der Waals surface area contributed by atoms with Crippen molar-refractivity contribution in [3.8, 4) is 5.75 Å². The number of nitrogens with zero attached hydrogens (tertiary/aromatic N) is 7. The highest BCUT2D eigenvalue weighted by Gasteiger charge is 2.47. The Bertz CT molecular complexity index is 1450. The molecule has 0 radical (unpaired) electrons. The number of aromatic nitrogens is 4. The zero-order valence-electron chi connectivity index (χ0n) is 21.5. The molecular weight excluding hydrogens is 512 g/mol. The largest absolute Gasteiger partial charge is 0.486 e. The molecule has 6 heterocycles. The minimum Gasteiger partial charge on any atom is -0.486 e. The van der Waals surface area contributed by atoms with Crippen molar-refractivity contribution in [3.63, 3.8) is 0 Å². The molecule has 0 aromatic carbocycles. The third-order valence-electron chi connectivity index (χ3n) is 8.78. The number of hydrogen-bond donors (Lipinski definition) is 2. The van der Waals surface area contributed by atoms with E-state index in [1.165, 1.54) is 17.3 Å². The van der Waals surface area contributed by atoms with Gasteiger partial charge in [0.25, 0.3) is 0 Å². The number of fused-ring (bicyclic) bond motifs is 4. The Morgan fingerprint density at radius 3 is 2.85 bits per heavy atom. The first-order valence-corrected chi connectivity index (χ1v) is 14.2. The third kappa shape index (κ3) is 4.09. The van der Waals surface area contributed by atoms with Crippen LogP contribution in [-0.2, 0) is 13.0 Å². The summed E-state index contributed by atoms with van der Waals surface area (Å²) in [6, 6.07) is 6.17. The molecular formula is C28H30N8O2S. The highest BCUT2D eigenvalue weighted by atomic mass is 32.2. The van der Waals surface area contributed by atoms with Crippen LogP contribution in [0.3, 0.4) is 0 Å². The van der Waals surface area contributed by atoms with Crippen LogP contribution in [0.15, 0.2) is 46.7 Å². The topological polar surface area (TPSA) is 118 Å². The Morgan fingerprint density at radius 2 is 2.05 bits per heavy atom. The SMILES string of the molecule is [C-]#[N+]C1CC2COc3c(Sc4cnc(N5CCC6(CC5)Cc5ncccc5[C@H]6N)c(CO)n4)ccnc3N2C1. The number of aliphatic hydroxyl groups is 1. The van der Waals surface area contributed by atoms with E-state index in [0.29, 0.717) is 23.9 Å². The molecule has 3 aliphatic heterocycles. The molecule has 2 unspecified atom stereocenters. The van der Waals surface area contributed by atoms with Crippen LogP contribution in [0.1, 0.15) is 42.3 Å². The standard InChI is InChI=1S/C28H30N8O2S/c1-30-17-11-18-16-38-24-22(4-8-32-27(24)36(18)14-17)39-23-13-33-26(21(15-37)34-23)35-9-5-28(6-10-35)12-20-19(25(28)29)3-2-7-31-20/h2-4,7-8,13,17-18,25,37H,5-6,9-12,14-16,29H2/t17?,18?,25-/m1/s1. The minimum absolute atomic E-state index is 0.00197. The predicted octanol–water partition coefficient (Wildman–Crippen LogP) is 3.01. The van der Waals surface area contributed by atoms with Crippen LogP contribution in [0.4, 0.5) is 11.6 Å². The summed E-state index contributed by atoms with van der Waals surface area (Å²) in [5.41, 5.74) is 9.62. The molecule has 1 spiro atoms. The van der Waals surface area contributed by atoms with Crippen LogP contribution < -0.4 is 20.3 Å². The molecule has 7 rings (SSSR count). The van der Waals surface area contributed by atoms with E-state index in [-0.39, 0.29) is 30.1 Å². The fourth-order valence-electron chi connectivity index (χ4n) is 6.66. The van der Waals surface area contributed by atoms with E-state index in [0.717, 1.165) is 66.7 Å². The number of ether oxygens (including phenoxy) is 1. The molecule has 3 aromatic heterocycles. The fraction of sp³-hybridized carbons (Fsp3) is 0.464. The summed E-state index contributed by atoms with van der Waals surface area (Å²) in [5, 5.41) is 10.9. The molecule has 3 aromatic rings. The van der Waals surface area contributed by atoms with Crippen LogP contribution >= 0.6 is 11.8 Å². The van der Waals surface area contributed by atoms with Crippen molar-refractivity contribution in [2.75, 3.05) is 36.0 Å². The molecule has 200 valence electrons. The van der Waals surface area contributed by atoms with Gasteiger partial charge in [0.1, 0.15) is 17.3 Å². The molecule has 0 amide bonds. The summed E-state index contributed by atoms with van der Waals surface area (Å²) in [5.74, 6) is 2.25. The van der Waals surface area contributed by atoms with Gasteiger partial charge in [-0.15, -0.1) is 0 Å². The fourth-order valence-corrected chi connectivity index (χ4v) is 7.52. The second-order valence-electron chi connectivity index (χ2n) is 10.9. The highest BCUT2D eigenvalue weighted by molar-refractivity contribution is 7.99. The molecule has 39 heavy (non-hydrogen) atoms. The zero-order valence-corrected chi connectivity index (χ0v) is 22.3. The lowest BCUT2D eigenvalue weighted by Gasteiger charge is -2.42. The van der Waals surface area contributed by atoms with E-state index in [2.05, 4.69) is 30.7 Å². The van der Waals surface area contributed by atoms with Gasteiger partial charge in [0.05, 0.1) is 30.3 Å². The Labute approximate surface area is 231 Å². The third-order valence-corrected chi connectivity index (χ3v) is 9.73. The first kappa shape index (κ1) is 24.6. The van der Waals surface area contributed by atoms with Crippen LogP contribution in [0, 0.1) is 12.0 Å².